The van der Waals surface area contributed by atoms with E-state index >= 15 is 0 Å². The highest BCUT2D eigenvalue weighted by molar-refractivity contribution is 8.00. The van der Waals surface area contributed by atoms with Gasteiger partial charge < -0.3 is 20.7 Å². The molecule has 0 aliphatic heterocycles. The van der Waals surface area contributed by atoms with Crippen molar-refractivity contribution in [3.05, 3.63) is 113 Å². The standard InChI is InChI=1S/C33H31N3O5S2/c1-4-26(42-25-17-11-16-24(20-25)34-27(37)19-18-22-12-7-5-8-13-22)30(38)36-32-28(33(40)41-3)21(2)29(43-32)31(39)35-23-14-9-6-10-15-23/h5-20,26H,4H2,1-3H3,(H,34,37)(H,35,39)(H,36,38)/b19-18+. The van der Waals surface area contributed by atoms with E-state index in [1.807, 2.05) is 49.4 Å². The first-order valence-corrected chi connectivity index (χ1v) is 15.2. The van der Waals surface area contributed by atoms with E-state index in [4.69, 9.17) is 4.74 Å². The number of anilines is 3. The van der Waals surface area contributed by atoms with Crippen LogP contribution in [-0.4, -0.2) is 36.1 Å². The highest BCUT2D eigenvalue weighted by Gasteiger charge is 2.28. The monoisotopic (exact) mass is 613 g/mol. The molecule has 1 aromatic heterocycles. The third-order valence-electron chi connectivity index (χ3n) is 6.28. The van der Waals surface area contributed by atoms with Crippen LogP contribution in [0.4, 0.5) is 16.4 Å². The summed E-state index contributed by atoms with van der Waals surface area (Å²) < 4.78 is 4.96. The zero-order valence-electron chi connectivity index (χ0n) is 23.9. The lowest BCUT2D eigenvalue weighted by molar-refractivity contribution is -0.115. The number of hydrogen-bond acceptors (Lipinski definition) is 7. The van der Waals surface area contributed by atoms with Gasteiger partial charge in [-0.05, 0) is 60.9 Å². The average Bonchev–Trinajstić information content (AvgIpc) is 3.34. The second-order valence-corrected chi connectivity index (χ2v) is 11.6. The van der Waals surface area contributed by atoms with E-state index in [9.17, 15) is 19.2 Å². The van der Waals surface area contributed by atoms with E-state index in [1.165, 1.54) is 24.9 Å². The molecule has 3 N–H and O–H groups in total. The molecule has 0 spiro atoms. The highest BCUT2D eigenvalue weighted by Crippen LogP contribution is 2.36. The van der Waals surface area contributed by atoms with E-state index < -0.39 is 17.1 Å². The van der Waals surface area contributed by atoms with Gasteiger partial charge in [0.25, 0.3) is 5.91 Å². The Kier molecular flexibility index (Phi) is 10.9. The van der Waals surface area contributed by atoms with Gasteiger partial charge in [-0.3, -0.25) is 14.4 Å². The number of esters is 1. The number of methoxy groups -OCH3 is 1. The van der Waals surface area contributed by atoms with Crippen molar-refractivity contribution in [2.75, 3.05) is 23.1 Å². The molecule has 0 saturated carbocycles. The Balaban J connectivity index is 1.46. The van der Waals surface area contributed by atoms with Gasteiger partial charge in [-0.2, -0.15) is 0 Å². The first-order valence-electron chi connectivity index (χ1n) is 13.5. The smallest absolute Gasteiger partial charge is 0.341 e. The number of ether oxygens (including phenoxy) is 1. The molecule has 0 aliphatic carbocycles. The van der Waals surface area contributed by atoms with Crippen molar-refractivity contribution in [2.24, 2.45) is 0 Å². The number of benzene rings is 3. The topological polar surface area (TPSA) is 114 Å². The van der Waals surface area contributed by atoms with Gasteiger partial charge in [0, 0.05) is 22.3 Å². The molecule has 1 heterocycles. The maximum absolute atomic E-state index is 13.4. The van der Waals surface area contributed by atoms with E-state index in [0.717, 1.165) is 21.8 Å². The second-order valence-electron chi connectivity index (χ2n) is 9.34. The maximum atomic E-state index is 13.4. The molecule has 0 aliphatic rings. The molecule has 0 radical (unpaired) electrons. The van der Waals surface area contributed by atoms with Gasteiger partial charge in [-0.15, -0.1) is 23.1 Å². The predicted octanol–water partition coefficient (Wildman–Crippen LogP) is 7.26. The number of hydrogen-bond donors (Lipinski definition) is 3. The summed E-state index contributed by atoms with van der Waals surface area (Å²) >= 11 is 2.36. The summed E-state index contributed by atoms with van der Waals surface area (Å²) in [5.41, 5.74) is 2.69. The minimum absolute atomic E-state index is 0.146. The summed E-state index contributed by atoms with van der Waals surface area (Å²) in [5.74, 6) is -1.63. The van der Waals surface area contributed by atoms with Gasteiger partial charge in [0.15, 0.2) is 0 Å². The Morgan fingerprint density at radius 3 is 2.23 bits per heavy atom. The summed E-state index contributed by atoms with van der Waals surface area (Å²) in [6.45, 7) is 3.54. The lowest BCUT2D eigenvalue weighted by atomic mass is 10.1. The minimum atomic E-state index is -0.645. The molecule has 43 heavy (non-hydrogen) atoms. The van der Waals surface area contributed by atoms with E-state index in [1.54, 1.807) is 55.5 Å². The Morgan fingerprint density at radius 1 is 0.884 bits per heavy atom. The van der Waals surface area contributed by atoms with Crippen molar-refractivity contribution in [3.8, 4) is 0 Å². The first kappa shape index (κ1) is 31.3. The molecule has 1 atom stereocenters. The summed E-state index contributed by atoms with van der Waals surface area (Å²) in [7, 11) is 1.25. The van der Waals surface area contributed by atoms with Crippen molar-refractivity contribution in [2.45, 2.75) is 30.4 Å². The van der Waals surface area contributed by atoms with Gasteiger partial charge in [0.05, 0.1) is 22.8 Å². The third-order valence-corrected chi connectivity index (χ3v) is 8.84. The molecule has 8 nitrogen and oxygen atoms in total. The van der Waals surface area contributed by atoms with Crippen LogP contribution in [0.2, 0.25) is 0 Å². The number of rotatable bonds is 11. The molecule has 10 heteroatoms. The molecule has 4 rings (SSSR count). The van der Waals surface area contributed by atoms with Crippen LogP contribution in [0.25, 0.3) is 6.08 Å². The fourth-order valence-corrected chi connectivity index (χ4v) is 6.23. The SMILES string of the molecule is CCC(Sc1cccc(NC(=O)/C=C/c2ccccc2)c1)C(=O)Nc1sc(C(=O)Nc2ccccc2)c(C)c1C(=O)OC. The molecule has 0 saturated heterocycles. The van der Waals surface area contributed by atoms with Gasteiger partial charge in [-0.25, -0.2) is 4.79 Å². The van der Waals surface area contributed by atoms with Crippen LogP contribution in [0.1, 0.15) is 44.5 Å². The Labute approximate surface area is 258 Å². The summed E-state index contributed by atoms with van der Waals surface area (Å²) in [6, 6.07) is 25.7. The van der Waals surface area contributed by atoms with Gasteiger partial charge in [-0.1, -0.05) is 61.5 Å². The second kappa shape index (κ2) is 15.0. The van der Waals surface area contributed by atoms with Crippen LogP contribution < -0.4 is 16.0 Å². The zero-order valence-corrected chi connectivity index (χ0v) is 25.5. The van der Waals surface area contributed by atoms with E-state index in [-0.39, 0.29) is 22.4 Å². The Bertz CT molecular complexity index is 1640. The zero-order chi connectivity index (χ0) is 30.8. The molecular formula is C33H31N3O5S2. The van der Waals surface area contributed by atoms with Crippen LogP contribution in [0.15, 0.2) is 95.9 Å². The molecule has 1 unspecified atom stereocenters. The number of amides is 3. The Morgan fingerprint density at radius 2 is 1.56 bits per heavy atom. The summed E-state index contributed by atoms with van der Waals surface area (Å²) in [5, 5.41) is 8.26. The summed E-state index contributed by atoms with van der Waals surface area (Å²) in [6.07, 6.45) is 3.69. The third kappa shape index (κ3) is 8.43. The molecule has 0 fully saturated rings. The van der Waals surface area contributed by atoms with Gasteiger partial charge in [0.2, 0.25) is 11.8 Å². The predicted molar refractivity (Wildman–Crippen MR) is 174 cm³/mol. The molecule has 0 bridgehead atoms. The van der Waals surface area contributed by atoms with Crippen LogP contribution in [0.5, 0.6) is 0 Å². The van der Waals surface area contributed by atoms with Crippen LogP contribution in [0.3, 0.4) is 0 Å². The largest absolute Gasteiger partial charge is 0.465 e. The van der Waals surface area contributed by atoms with Gasteiger partial charge in [0.1, 0.15) is 5.00 Å². The maximum Gasteiger partial charge on any atom is 0.341 e. The average molecular weight is 614 g/mol. The fourth-order valence-electron chi connectivity index (χ4n) is 4.12. The number of nitrogens with one attached hydrogen (secondary N) is 3. The van der Waals surface area contributed by atoms with Crippen molar-refractivity contribution in [1.82, 2.24) is 0 Å². The lowest BCUT2D eigenvalue weighted by Gasteiger charge is -2.15. The van der Waals surface area contributed by atoms with Crippen molar-refractivity contribution in [1.29, 1.82) is 0 Å². The lowest BCUT2D eigenvalue weighted by Crippen LogP contribution is -2.25. The van der Waals surface area contributed by atoms with E-state index in [0.29, 0.717) is 28.2 Å². The highest BCUT2D eigenvalue weighted by atomic mass is 32.2. The van der Waals surface area contributed by atoms with Crippen molar-refractivity contribution < 1.29 is 23.9 Å². The van der Waals surface area contributed by atoms with E-state index in [2.05, 4.69) is 16.0 Å². The summed E-state index contributed by atoms with van der Waals surface area (Å²) in [4.78, 5) is 52.7. The van der Waals surface area contributed by atoms with Crippen molar-refractivity contribution in [3.63, 3.8) is 0 Å². The fraction of sp³-hybridized carbons (Fsp3) is 0.152. The molecule has 3 amide bonds. The number of carbonyl (C=O) groups is 4. The number of carbonyl (C=O) groups excluding carboxylic acids is 4. The number of para-hydroxylation sites is 1. The molecule has 4 aromatic rings. The normalized spacial score (nSPS) is 11.5. The molecule has 220 valence electrons. The number of thioether (sulfide) groups is 1. The Hall–Kier alpha value is -4.67. The first-order chi connectivity index (χ1) is 20.8. The van der Waals surface area contributed by atoms with Gasteiger partial charge >= 0.3 is 5.97 Å². The van der Waals surface area contributed by atoms with Crippen molar-refractivity contribution >= 4 is 69.2 Å². The van der Waals surface area contributed by atoms with Crippen LogP contribution in [-0.2, 0) is 14.3 Å². The quantitative estimate of drug-likeness (QED) is 0.0933. The molecule has 3 aromatic carbocycles. The molecular weight excluding hydrogens is 583 g/mol. The van der Waals surface area contributed by atoms with Crippen LogP contribution >= 0.6 is 23.1 Å². The number of thiophene rings is 1. The van der Waals surface area contributed by atoms with Crippen LogP contribution in [0, 0.1) is 6.92 Å². The minimum Gasteiger partial charge on any atom is -0.465 e.